The average Bonchev–Trinajstić information content (AvgIpc) is 3.43. The van der Waals surface area contributed by atoms with Crippen LogP contribution in [-0.2, 0) is 0 Å². The van der Waals surface area contributed by atoms with Crippen molar-refractivity contribution in [2.45, 2.75) is 18.0 Å². The lowest BCUT2D eigenvalue weighted by Crippen LogP contribution is -2.48. The summed E-state index contributed by atoms with van der Waals surface area (Å²) < 4.78 is 6.30. The Kier molecular flexibility index (Phi) is 5.65. The molecule has 0 bridgehead atoms. The largest absolute Gasteiger partial charge is 0.497 e. The van der Waals surface area contributed by atoms with Crippen molar-refractivity contribution in [3.05, 3.63) is 135 Å². The smallest absolute Gasteiger partial charge is 0.186 e. The number of carbonyl (C=O) groups excluding carboxylic acids is 3. The van der Waals surface area contributed by atoms with E-state index in [1.165, 1.54) is 0 Å². The number of nitrogens with zero attached hydrogens (tertiary/aromatic N) is 1. The molecule has 3 atom stereocenters. The summed E-state index contributed by atoms with van der Waals surface area (Å²) in [5, 5.41) is 0. The molecular weight excluding hydrogens is 566 g/mol. The number of hydrogen-bond acceptors (Lipinski definition) is 5. The van der Waals surface area contributed by atoms with Crippen molar-refractivity contribution in [2.75, 3.05) is 12.0 Å². The van der Waals surface area contributed by atoms with E-state index in [1.807, 2.05) is 65.6 Å². The van der Waals surface area contributed by atoms with Crippen molar-refractivity contribution in [3.8, 4) is 5.75 Å². The van der Waals surface area contributed by atoms with Gasteiger partial charge in [-0.15, -0.1) is 0 Å². The number of rotatable bonds is 4. The van der Waals surface area contributed by atoms with Gasteiger partial charge in [-0.2, -0.15) is 0 Å². The van der Waals surface area contributed by atoms with E-state index in [0.717, 1.165) is 21.3 Å². The Morgan fingerprint density at radius 2 is 1.52 bits per heavy atom. The first-order valence-electron chi connectivity index (χ1n) is 13.1. The molecule has 1 aliphatic carbocycles. The van der Waals surface area contributed by atoms with Gasteiger partial charge in [-0.1, -0.05) is 94.8 Å². The zero-order chi connectivity index (χ0) is 27.6. The van der Waals surface area contributed by atoms with E-state index in [9.17, 15) is 14.4 Å². The quantitative estimate of drug-likeness (QED) is 0.194. The van der Waals surface area contributed by atoms with E-state index in [1.54, 1.807) is 55.6 Å². The predicted molar refractivity (Wildman–Crippen MR) is 157 cm³/mol. The molecule has 3 aliphatic rings. The molecule has 6 heteroatoms. The van der Waals surface area contributed by atoms with Crippen LogP contribution in [0.25, 0.3) is 6.08 Å². The van der Waals surface area contributed by atoms with Crippen LogP contribution in [0.5, 0.6) is 5.75 Å². The summed E-state index contributed by atoms with van der Waals surface area (Å²) in [4.78, 5) is 46.0. The van der Waals surface area contributed by atoms with Crippen LogP contribution in [0.4, 0.5) is 5.69 Å². The van der Waals surface area contributed by atoms with E-state index in [4.69, 9.17) is 4.74 Å². The first-order chi connectivity index (χ1) is 19.5. The summed E-state index contributed by atoms with van der Waals surface area (Å²) in [7, 11) is 1.56. The molecule has 0 unspecified atom stereocenters. The number of methoxy groups -OCH3 is 1. The van der Waals surface area contributed by atoms with Gasteiger partial charge in [0.2, 0.25) is 0 Å². The van der Waals surface area contributed by atoms with Gasteiger partial charge in [0, 0.05) is 32.8 Å². The lowest BCUT2D eigenvalue weighted by molar-refractivity contribution is 0.0666. The minimum absolute atomic E-state index is 0.171. The number of carbonyl (C=O) groups is 3. The van der Waals surface area contributed by atoms with Crippen molar-refractivity contribution < 1.29 is 19.1 Å². The summed E-state index contributed by atoms with van der Waals surface area (Å²) in [6, 6.07) is 28.1. The van der Waals surface area contributed by atoms with Gasteiger partial charge in [-0.25, -0.2) is 0 Å². The van der Waals surface area contributed by atoms with Gasteiger partial charge in [0.05, 0.1) is 13.2 Å². The van der Waals surface area contributed by atoms with E-state index < -0.39 is 23.4 Å². The number of halogens is 1. The molecule has 2 heterocycles. The third-order valence-electron chi connectivity index (χ3n) is 8.56. The molecule has 4 aromatic carbocycles. The number of Topliss-reactive ketones (excluding diaryl/α,β-unsaturated/α-hetero) is 3. The van der Waals surface area contributed by atoms with Gasteiger partial charge in [-0.3, -0.25) is 14.4 Å². The number of ketones is 3. The molecule has 40 heavy (non-hydrogen) atoms. The zero-order valence-corrected chi connectivity index (χ0v) is 23.2. The molecule has 1 saturated heterocycles. The molecule has 5 nitrogen and oxygen atoms in total. The van der Waals surface area contributed by atoms with Crippen LogP contribution < -0.4 is 9.64 Å². The van der Waals surface area contributed by atoms with Crippen LogP contribution >= 0.6 is 15.9 Å². The molecule has 0 amide bonds. The van der Waals surface area contributed by atoms with Gasteiger partial charge in [0.1, 0.15) is 17.2 Å². The summed E-state index contributed by atoms with van der Waals surface area (Å²) in [5.74, 6) is -0.820. The molecule has 1 spiro atoms. The lowest BCUT2D eigenvalue weighted by atomic mass is 9.64. The van der Waals surface area contributed by atoms with Gasteiger partial charge in [-0.05, 0) is 41.5 Å². The number of hydrogen-bond donors (Lipinski definition) is 0. The zero-order valence-electron chi connectivity index (χ0n) is 21.6. The number of fused-ring (bicyclic) bond motifs is 5. The Bertz CT molecular complexity index is 1710. The monoisotopic (exact) mass is 589 g/mol. The molecule has 1 fully saturated rings. The fraction of sp³-hybridized carbons (Fsp3) is 0.147. The molecule has 0 N–H and O–H groups in total. The van der Waals surface area contributed by atoms with Crippen LogP contribution in [0.3, 0.4) is 0 Å². The molecule has 0 radical (unpaired) electrons. The van der Waals surface area contributed by atoms with Crippen molar-refractivity contribution in [1.29, 1.82) is 0 Å². The Hall–Kier alpha value is -4.29. The normalized spacial score (nSPS) is 21.8. The summed E-state index contributed by atoms with van der Waals surface area (Å²) in [5.41, 5.74) is 2.30. The van der Waals surface area contributed by atoms with Gasteiger partial charge >= 0.3 is 0 Å². The van der Waals surface area contributed by atoms with Crippen molar-refractivity contribution in [2.24, 2.45) is 5.41 Å². The minimum atomic E-state index is -1.51. The van der Waals surface area contributed by atoms with Crippen molar-refractivity contribution in [1.82, 2.24) is 0 Å². The third-order valence-corrected chi connectivity index (χ3v) is 9.09. The summed E-state index contributed by atoms with van der Waals surface area (Å²) in [6.45, 7) is 0. The summed E-state index contributed by atoms with van der Waals surface area (Å²) in [6.07, 6.45) is 3.91. The van der Waals surface area contributed by atoms with Gasteiger partial charge in [0.15, 0.2) is 17.3 Å². The Morgan fingerprint density at radius 1 is 0.850 bits per heavy atom. The Labute approximate surface area is 240 Å². The number of benzene rings is 4. The van der Waals surface area contributed by atoms with Crippen LogP contribution in [0.2, 0.25) is 0 Å². The Balaban J connectivity index is 1.54. The van der Waals surface area contributed by atoms with Crippen LogP contribution in [0, 0.1) is 5.41 Å². The fourth-order valence-corrected chi connectivity index (χ4v) is 7.17. The van der Waals surface area contributed by atoms with Crippen molar-refractivity contribution in [3.63, 3.8) is 0 Å². The summed E-state index contributed by atoms with van der Waals surface area (Å²) >= 11 is 3.52. The van der Waals surface area contributed by atoms with E-state index in [0.29, 0.717) is 22.4 Å². The average molecular weight is 590 g/mol. The predicted octanol–water partition coefficient (Wildman–Crippen LogP) is 6.77. The maximum Gasteiger partial charge on any atom is 0.186 e. The second-order valence-electron chi connectivity index (χ2n) is 10.4. The van der Waals surface area contributed by atoms with E-state index >= 15 is 0 Å². The molecule has 4 aromatic rings. The number of ether oxygens (including phenoxy) is 1. The highest BCUT2D eigenvalue weighted by Crippen LogP contribution is 2.61. The fourth-order valence-electron chi connectivity index (χ4n) is 6.91. The topological polar surface area (TPSA) is 63.7 Å². The Morgan fingerprint density at radius 3 is 2.23 bits per heavy atom. The first-order valence-corrected chi connectivity index (χ1v) is 13.9. The highest BCUT2D eigenvalue weighted by atomic mass is 79.9. The molecule has 2 aliphatic heterocycles. The first kappa shape index (κ1) is 24.7. The van der Waals surface area contributed by atoms with Crippen LogP contribution in [0.15, 0.2) is 108 Å². The lowest BCUT2D eigenvalue weighted by Gasteiger charge is -2.37. The highest BCUT2D eigenvalue weighted by Gasteiger charge is 2.71. The number of anilines is 1. The maximum atomic E-state index is 14.7. The maximum absolute atomic E-state index is 14.7. The second kappa shape index (κ2) is 9.14. The molecule has 0 saturated carbocycles. The molecule has 0 aromatic heterocycles. The van der Waals surface area contributed by atoms with Crippen LogP contribution in [0.1, 0.15) is 48.1 Å². The highest BCUT2D eigenvalue weighted by molar-refractivity contribution is 9.10. The third kappa shape index (κ3) is 3.29. The minimum Gasteiger partial charge on any atom is -0.497 e. The van der Waals surface area contributed by atoms with Crippen LogP contribution in [-0.4, -0.2) is 36.5 Å². The van der Waals surface area contributed by atoms with E-state index in [-0.39, 0.29) is 17.3 Å². The van der Waals surface area contributed by atoms with Gasteiger partial charge < -0.3 is 9.64 Å². The van der Waals surface area contributed by atoms with E-state index in [2.05, 4.69) is 15.9 Å². The standard InChI is InChI=1S/C34H24BrNO4/c1-40-24-9-6-8-22(19-24)31(37)30-29(21-13-16-23(35)17-14-21)34(32(38)25-10-3-4-11-26(25)33(34)39)28-18-15-20-7-2-5-12-27(20)36(28)30/h2-19,28-30H,1H3/t28-,29-,30-/m1/s1. The van der Waals surface area contributed by atoms with Crippen molar-refractivity contribution >= 4 is 45.0 Å². The molecule has 7 rings (SSSR count). The number of para-hydroxylation sites is 1. The SMILES string of the molecule is COc1cccc(C(=O)[C@H]2[C@@H](c3ccc(Br)cc3)C3(C(=O)c4ccccc4C3=O)[C@H]3C=Cc4ccccc4N23)c1. The second-order valence-corrected chi connectivity index (χ2v) is 11.3. The van der Waals surface area contributed by atoms with Gasteiger partial charge in [0.25, 0.3) is 0 Å². The molecule has 196 valence electrons. The molecular formula is C34H24BrNO4.